The molecule has 0 aliphatic rings. The number of ether oxygens (including phenoxy) is 1. The summed E-state index contributed by atoms with van der Waals surface area (Å²) in [6, 6.07) is 4.27. The smallest absolute Gasteiger partial charge is 0.325 e. The molecule has 0 saturated carbocycles. The van der Waals surface area contributed by atoms with E-state index in [2.05, 4.69) is 6.58 Å². The summed E-state index contributed by atoms with van der Waals surface area (Å²) >= 11 is 0. The number of esters is 1. The Bertz CT molecular complexity index is 514. The van der Waals surface area contributed by atoms with Crippen molar-refractivity contribution in [3.05, 3.63) is 47.8 Å². The van der Waals surface area contributed by atoms with Gasteiger partial charge in [-0.25, -0.2) is 4.39 Å². The highest BCUT2D eigenvalue weighted by molar-refractivity contribution is 5.96. The van der Waals surface area contributed by atoms with Crippen molar-refractivity contribution in [2.45, 2.75) is 13.8 Å². The van der Waals surface area contributed by atoms with E-state index in [0.717, 1.165) is 5.56 Å². The van der Waals surface area contributed by atoms with Crippen LogP contribution < -0.4 is 0 Å². The molecule has 0 aromatic heterocycles. The summed E-state index contributed by atoms with van der Waals surface area (Å²) in [7, 11) is 0. The van der Waals surface area contributed by atoms with Gasteiger partial charge >= 0.3 is 5.97 Å². The maximum Gasteiger partial charge on any atom is 0.325 e. The van der Waals surface area contributed by atoms with E-state index >= 15 is 0 Å². The van der Waals surface area contributed by atoms with Crippen LogP contribution in [0.15, 0.2) is 30.9 Å². The van der Waals surface area contributed by atoms with Crippen molar-refractivity contribution in [2.24, 2.45) is 0 Å². The molecule has 0 heterocycles. The molecule has 5 heteroatoms. The van der Waals surface area contributed by atoms with E-state index in [0.29, 0.717) is 0 Å². The monoisotopic (exact) mass is 279 g/mol. The molecule has 1 rings (SSSR count). The second-order valence-electron chi connectivity index (χ2n) is 4.26. The number of carbonyl (C=O) groups excluding carboxylic acids is 2. The van der Waals surface area contributed by atoms with E-state index in [9.17, 15) is 14.0 Å². The molecule has 20 heavy (non-hydrogen) atoms. The zero-order valence-corrected chi connectivity index (χ0v) is 11.7. The number of rotatable bonds is 6. The van der Waals surface area contributed by atoms with E-state index in [4.69, 9.17) is 4.74 Å². The number of hydrogen-bond donors (Lipinski definition) is 0. The SMILES string of the molecule is C=CCN(CC(=O)OCC)C(=O)c1cc(C)ccc1F. The molecule has 0 N–H and O–H groups in total. The maximum atomic E-state index is 13.7. The van der Waals surface area contributed by atoms with Crippen LogP contribution in [0.5, 0.6) is 0 Å². The first kappa shape index (κ1) is 15.9. The summed E-state index contributed by atoms with van der Waals surface area (Å²) in [5.74, 6) is -1.70. The van der Waals surface area contributed by atoms with Crippen LogP contribution in [0.3, 0.4) is 0 Å². The molecule has 1 amide bonds. The average molecular weight is 279 g/mol. The number of halogens is 1. The highest BCUT2D eigenvalue weighted by atomic mass is 19.1. The fourth-order valence-corrected chi connectivity index (χ4v) is 1.71. The highest BCUT2D eigenvalue weighted by Crippen LogP contribution is 2.13. The summed E-state index contributed by atoms with van der Waals surface area (Å²) < 4.78 is 18.5. The van der Waals surface area contributed by atoms with Crippen LogP contribution in [0.1, 0.15) is 22.8 Å². The number of aryl methyl sites for hydroxylation is 1. The Kier molecular flexibility index (Phi) is 5.90. The van der Waals surface area contributed by atoms with Gasteiger partial charge in [-0.2, -0.15) is 0 Å². The summed E-state index contributed by atoms with van der Waals surface area (Å²) in [6.45, 7) is 7.12. The van der Waals surface area contributed by atoms with E-state index in [1.165, 1.54) is 23.1 Å². The summed E-state index contributed by atoms with van der Waals surface area (Å²) in [6.07, 6.45) is 1.48. The van der Waals surface area contributed by atoms with Gasteiger partial charge in [0.2, 0.25) is 0 Å². The van der Waals surface area contributed by atoms with Gasteiger partial charge in [0, 0.05) is 6.54 Å². The lowest BCUT2D eigenvalue weighted by atomic mass is 10.1. The highest BCUT2D eigenvalue weighted by Gasteiger charge is 2.21. The molecular formula is C15H18FNO3. The quantitative estimate of drug-likeness (QED) is 0.593. The largest absolute Gasteiger partial charge is 0.465 e. The number of benzene rings is 1. The number of nitrogens with zero attached hydrogens (tertiary/aromatic N) is 1. The lowest BCUT2D eigenvalue weighted by Crippen LogP contribution is -2.37. The van der Waals surface area contributed by atoms with Gasteiger partial charge in [-0.1, -0.05) is 17.7 Å². The Morgan fingerprint density at radius 3 is 2.75 bits per heavy atom. The van der Waals surface area contributed by atoms with Crippen molar-refractivity contribution in [3.63, 3.8) is 0 Å². The van der Waals surface area contributed by atoms with Crippen LogP contribution in [-0.2, 0) is 9.53 Å². The van der Waals surface area contributed by atoms with Gasteiger partial charge in [-0.3, -0.25) is 9.59 Å². The van der Waals surface area contributed by atoms with Crippen molar-refractivity contribution in [2.75, 3.05) is 19.7 Å². The predicted octanol–water partition coefficient (Wildman–Crippen LogP) is 2.33. The zero-order chi connectivity index (χ0) is 15.1. The fourth-order valence-electron chi connectivity index (χ4n) is 1.71. The van der Waals surface area contributed by atoms with Crippen molar-refractivity contribution in [1.29, 1.82) is 0 Å². The molecule has 0 atom stereocenters. The number of hydrogen-bond acceptors (Lipinski definition) is 3. The molecule has 0 aliphatic heterocycles. The van der Waals surface area contributed by atoms with Crippen molar-refractivity contribution in [3.8, 4) is 0 Å². The van der Waals surface area contributed by atoms with Crippen molar-refractivity contribution in [1.82, 2.24) is 4.90 Å². The lowest BCUT2D eigenvalue weighted by Gasteiger charge is -2.20. The summed E-state index contributed by atoms with van der Waals surface area (Å²) in [5.41, 5.74) is 0.709. The Morgan fingerprint density at radius 2 is 2.15 bits per heavy atom. The molecule has 0 radical (unpaired) electrons. The van der Waals surface area contributed by atoms with E-state index in [-0.39, 0.29) is 25.3 Å². The van der Waals surface area contributed by atoms with Gasteiger partial charge in [0.25, 0.3) is 5.91 Å². The topological polar surface area (TPSA) is 46.6 Å². The van der Waals surface area contributed by atoms with Gasteiger partial charge in [0.1, 0.15) is 12.4 Å². The number of amides is 1. The van der Waals surface area contributed by atoms with Crippen LogP contribution >= 0.6 is 0 Å². The van der Waals surface area contributed by atoms with Crippen LogP contribution in [-0.4, -0.2) is 36.5 Å². The second-order valence-corrected chi connectivity index (χ2v) is 4.26. The van der Waals surface area contributed by atoms with Gasteiger partial charge in [-0.15, -0.1) is 6.58 Å². The molecule has 0 aliphatic carbocycles. The average Bonchev–Trinajstić information content (AvgIpc) is 2.40. The third-order valence-electron chi connectivity index (χ3n) is 2.61. The summed E-state index contributed by atoms with van der Waals surface area (Å²) in [5, 5.41) is 0. The standard InChI is InChI=1S/C15H18FNO3/c1-4-8-17(10-14(18)20-5-2)15(19)12-9-11(3)6-7-13(12)16/h4,6-7,9H,1,5,8,10H2,2-3H3. The Labute approximate surface area is 117 Å². The van der Waals surface area contributed by atoms with E-state index < -0.39 is 17.7 Å². The molecule has 0 fully saturated rings. The van der Waals surface area contributed by atoms with Gasteiger partial charge in [0.05, 0.1) is 12.2 Å². The first-order valence-corrected chi connectivity index (χ1v) is 6.31. The third-order valence-corrected chi connectivity index (χ3v) is 2.61. The van der Waals surface area contributed by atoms with Crippen LogP contribution in [0.4, 0.5) is 4.39 Å². The maximum absolute atomic E-state index is 13.7. The van der Waals surface area contributed by atoms with Crippen LogP contribution in [0, 0.1) is 12.7 Å². The Balaban J connectivity index is 2.95. The predicted molar refractivity (Wildman–Crippen MR) is 73.9 cm³/mol. The molecule has 0 spiro atoms. The lowest BCUT2D eigenvalue weighted by molar-refractivity contribution is -0.143. The van der Waals surface area contributed by atoms with Gasteiger partial charge in [-0.05, 0) is 26.0 Å². The minimum atomic E-state index is -0.612. The van der Waals surface area contributed by atoms with E-state index in [1.54, 1.807) is 19.9 Å². The second kappa shape index (κ2) is 7.43. The first-order valence-electron chi connectivity index (χ1n) is 6.31. The molecule has 0 saturated heterocycles. The van der Waals surface area contributed by atoms with Crippen molar-refractivity contribution < 1.29 is 18.7 Å². The van der Waals surface area contributed by atoms with Crippen LogP contribution in [0.25, 0.3) is 0 Å². The molecule has 4 nitrogen and oxygen atoms in total. The van der Waals surface area contributed by atoms with Crippen LogP contribution in [0.2, 0.25) is 0 Å². The molecule has 0 unspecified atom stereocenters. The molecule has 1 aromatic carbocycles. The normalized spacial score (nSPS) is 9.95. The first-order chi connectivity index (χ1) is 9.49. The van der Waals surface area contributed by atoms with Gasteiger partial charge < -0.3 is 9.64 Å². The van der Waals surface area contributed by atoms with Gasteiger partial charge in [0.15, 0.2) is 0 Å². The molecular weight excluding hydrogens is 261 g/mol. The number of carbonyl (C=O) groups is 2. The minimum Gasteiger partial charge on any atom is -0.465 e. The molecule has 1 aromatic rings. The third kappa shape index (κ3) is 4.19. The fraction of sp³-hybridized carbons (Fsp3) is 0.333. The summed E-state index contributed by atoms with van der Waals surface area (Å²) in [4.78, 5) is 24.9. The Hall–Kier alpha value is -2.17. The van der Waals surface area contributed by atoms with E-state index in [1.807, 2.05) is 0 Å². The zero-order valence-electron chi connectivity index (χ0n) is 11.7. The molecule has 108 valence electrons. The van der Waals surface area contributed by atoms with Crippen molar-refractivity contribution >= 4 is 11.9 Å². The molecule has 0 bridgehead atoms. The minimum absolute atomic E-state index is 0.0591. The Morgan fingerprint density at radius 1 is 1.45 bits per heavy atom.